The normalized spacial score (nSPS) is 17.6. The van der Waals surface area contributed by atoms with Gasteiger partial charge in [0, 0.05) is 0 Å². The largest absolute Gasteiger partial charge is 0.488 e. The van der Waals surface area contributed by atoms with Gasteiger partial charge in [0.1, 0.15) is 0 Å². The number of carbonyl (C=O) groups excluding carboxylic acids is 1. The lowest BCUT2D eigenvalue weighted by Crippen LogP contribution is -2.36. The topological polar surface area (TPSA) is 220 Å². The molecule has 20 heteroatoms. The summed E-state index contributed by atoms with van der Waals surface area (Å²) in [6.45, 7) is 6.98. The van der Waals surface area contributed by atoms with Gasteiger partial charge in [-0.2, -0.15) is 8.62 Å². The summed E-state index contributed by atoms with van der Waals surface area (Å²) >= 11 is 0. The fourth-order valence-electron chi connectivity index (χ4n) is 5.06. The molecule has 0 aliphatic rings. The minimum absolute atomic E-state index is 0.258. The second-order valence-electron chi connectivity index (χ2n) is 13.3. The summed E-state index contributed by atoms with van der Waals surface area (Å²) in [7, 11) is -21.4. The molecule has 0 aliphatic heterocycles. The van der Waals surface area contributed by atoms with Gasteiger partial charge in [-0.25, -0.2) is 27.3 Å². The molecule has 0 aliphatic carbocycles. The summed E-state index contributed by atoms with van der Waals surface area (Å²) in [5.41, 5.74) is 0. The molecule has 4 unspecified atom stereocenters. The Balaban J connectivity index is 5.99. The zero-order valence-corrected chi connectivity index (χ0v) is 36.9. The number of unbranched alkanes of at least 4 members (excludes halogenated alkanes) is 20. The smallest absolute Gasteiger partial charge is 0.337 e. The van der Waals surface area contributed by atoms with Crippen LogP contribution in [-0.4, -0.2) is 53.6 Å². The second-order valence-corrected chi connectivity index (χ2v) is 19.7. The number of hydrogen-bond donors (Lipinski definition) is 3. The van der Waals surface area contributed by atoms with E-state index in [1.807, 2.05) is 0 Å². The average molecular weight is 861 g/mol. The first-order valence-corrected chi connectivity index (χ1v) is 26.0. The van der Waals surface area contributed by atoms with Crippen LogP contribution in [0.4, 0.5) is 0 Å². The van der Waals surface area contributed by atoms with Crippen LogP contribution in [0.2, 0.25) is 0 Å². The van der Waals surface area contributed by atoms with Crippen molar-refractivity contribution in [2.45, 2.75) is 188 Å². The Kier molecular flexibility index (Phi) is 32.1. The van der Waals surface area contributed by atoms with Crippen molar-refractivity contribution in [1.82, 2.24) is 0 Å². The Labute approximate surface area is 324 Å². The Morgan fingerprint density at radius 2 is 0.667 bits per heavy atom. The van der Waals surface area contributed by atoms with E-state index in [0.717, 1.165) is 103 Å². The number of carbonyl (C=O) groups is 1. The van der Waals surface area contributed by atoms with E-state index in [1.54, 1.807) is 0 Å². The van der Waals surface area contributed by atoms with Crippen molar-refractivity contribution in [3.63, 3.8) is 0 Å². The molecule has 0 saturated carbocycles. The standard InChI is InChI=1S/C34H72O16P4/c1-5-9-13-17-21-25-29-43-51(37,38)49-53(41,45-31-27-23-19-15-11-7-3)47-34(36,33-35)48-54(42,46-32-28-24-20-16-12-8-4)50-52(39,40)44-30-26-22-18-14-10-6-2/h33,36H,5-32H2,1-4H3,(H,37,38)(H,39,40). The number of phosphoric acid groups is 4. The summed E-state index contributed by atoms with van der Waals surface area (Å²) in [6.07, 6.45) is 18.8. The Bertz CT molecular complexity index is 1050. The van der Waals surface area contributed by atoms with E-state index in [-0.39, 0.29) is 39.3 Å². The molecule has 0 aromatic rings. The highest BCUT2D eigenvalue weighted by molar-refractivity contribution is 7.62. The molecule has 4 atom stereocenters. The summed E-state index contributed by atoms with van der Waals surface area (Å²) in [5.74, 6) is -3.87. The monoisotopic (exact) mass is 860 g/mol. The zero-order chi connectivity index (χ0) is 40.7. The predicted octanol–water partition coefficient (Wildman–Crippen LogP) is 11.8. The van der Waals surface area contributed by atoms with Gasteiger partial charge in [0.05, 0.1) is 26.4 Å². The molecule has 324 valence electrons. The van der Waals surface area contributed by atoms with E-state index in [0.29, 0.717) is 38.5 Å². The third kappa shape index (κ3) is 30.3. The molecule has 0 saturated heterocycles. The molecule has 0 fully saturated rings. The van der Waals surface area contributed by atoms with Gasteiger partial charge in [-0.15, -0.1) is 0 Å². The van der Waals surface area contributed by atoms with E-state index in [1.165, 1.54) is 0 Å². The first-order chi connectivity index (χ1) is 25.6. The van der Waals surface area contributed by atoms with Crippen molar-refractivity contribution in [1.29, 1.82) is 0 Å². The zero-order valence-electron chi connectivity index (χ0n) is 33.3. The lowest BCUT2D eigenvalue weighted by molar-refractivity contribution is -0.258. The van der Waals surface area contributed by atoms with Gasteiger partial charge in [0.2, 0.25) is 6.29 Å². The molecular weight excluding hydrogens is 788 g/mol. The van der Waals surface area contributed by atoms with Gasteiger partial charge >= 0.3 is 37.3 Å². The third-order valence-electron chi connectivity index (χ3n) is 8.04. The molecule has 0 bridgehead atoms. The Hall–Kier alpha value is 0.150. The number of phosphoric ester groups is 4. The minimum Gasteiger partial charge on any atom is -0.337 e. The molecule has 0 spiro atoms. The number of rotatable bonds is 41. The highest BCUT2D eigenvalue weighted by Gasteiger charge is 2.52. The van der Waals surface area contributed by atoms with Gasteiger partial charge in [-0.1, -0.05) is 156 Å². The van der Waals surface area contributed by atoms with E-state index in [4.69, 9.17) is 35.8 Å². The van der Waals surface area contributed by atoms with Crippen LogP contribution in [0, 0.1) is 0 Å². The molecule has 0 heterocycles. The van der Waals surface area contributed by atoms with Crippen LogP contribution in [0.15, 0.2) is 0 Å². The molecular formula is C34H72O16P4. The SMILES string of the molecule is CCCCCCCCOP(=O)(O)OP(=O)(OCCCCCCCC)OC(O)(C=O)OP(=O)(OCCCCCCCC)OP(=O)(O)OCCCCCCCC. The third-order valence-corrected chi connectivity index (χ3v) is 14.3. The van der Waals surface area contributed by atoms with E-state index in [9.17, 15) is 37.9 Å². The molecule has 0 aromatic carbocycles. The van der Waals surface area contributed by atoms with E-state index < -0.39 is 43.6 Å². The maximum atomic E-state index is 13.8. The van der Waals surface area contributed by atoms with Gasteiger partial charge in [-0.3, -0.25) is 22.9 Å². The molecule has 0 radical (unpaired) electrons. The van der Waals surface area contributed by atoms with Crippen molar-refractivity contribution < 1.29 is 73.7 Å². The van der Waals surface area contributed by atoms with Crippen molar-refractivity contribution in [2.24, 2.45) is 0 Å². The Morgan fingerprint density at radius 1 is 0.426 bits per heavy atom. The van der Waals surface area contributed by atoms with E-state index in [2.05, 4.69) is 27.7 Å². The van der Waals surface area contributed by atoms with Crippen molar-refractivity contribution in [2.75, 3.05) is 26.4 Å². The van der Waals surface area contributed by atoms with Crippen LogP contribution < -0.4 is 0 Å². The van der Waals surface area contributed by atoms with Crippen LogP contribution in [0.3, 0.4) is 0 Å². The van der Waals surface area contributed by atoms with Crippen LogP contribution >= 0.6 is 31.3 Å². The second kappa shape index (κ2) is 32.1. The fraction of sp³-hybridized carbons (Fsp3) is 0.971. The van der Waals surface area contributed by atoms with E-state index >= 15 is 0 Å². The molecule has 16 nitrogen and oxygen atoms in total. The number of aliphatic hydroxyl groups is 1. The van der Waals surface area contributed by atoms with Crippen molar-refractivity contribution in [3.8, 4) is 0 Å². The summed E-state index contributed by atoms with van der Waals surface area (Å²) < 4.78 is 92.9. The van der Waals surface area contributed by atoms with Crippen LogP contribution in [0.5, 0.6) is 0 Å². The first-order valence-electron chi connectivity index (χ1n) is 20.1. The highest BCUT2D eigenvalue weighted by atomic mass is 31.3. The number of aldehydes is 1. The summed E-state index contributed by atoms with van der Waals surface area (Å²) in [4.78, 5) is 33.0. The van der Waals surface area contributed by atoms with Gasteiger partial charge in [0.25, 0.3) is 0 Å². The molecule has 3 N–H and O–H groups in total. The van der Waals surface area contributed by atoms with Gasteiger partial charge in [0.15, 0.2) is 0 Å². The van der Waals surface area contributed by atoms with Crippen LogP contribution in [0.25, 0.3) is 0 Å². The predicted molar refractivity (Wildman–Crippen MR) is 208 cm³/mol. The fourth-order valence-corrected chi connectivity index (χ4v) is 10.5. The Morgan fingerprint density at radius 3 is 0.926 bits per heavy atom. The van der Waals surface area contributed by atoms with Crippen LogP contribution in [-0.2, 0) is 58.8 Å². The average Bonchev–Trinajstić information content (AvgIpc) is 3.09. The maximum absolute atomic E-state index is 13.8. The maximum Gasteiger partial charge on any atom is 0.488 e. The molecule has 54 heavy (non-hydrogen) atoms. The van der Waals surface area contributed by atoms with Crippen molar-refractivity contribution in [3.05, 3.63) is 0 Å². The van der Waals surface area contributed by atoms with Crippen LogP contribution in [0.1, 0.15) is 182 Å². The number of hydrogen-bond acceptors (Lipinski definition) is 14. The van der Waals surface area contributed by atoms with Gasteiger partial charge < -0.3 is 14.9 Å². The molecule has 0 aromatic heterocycles. The molecule has 0 rings (SSSR count). The molecule has 0 amide bonds. The summed E-state index contributed by atoms with van der Waals surface area (Å²) in [6, 6.07) is 0. The quantitative estimate of drug-likeness (QED) is 0.0225. The lowest BCUT2D eigenvalue weighted by Gasteiger charge is -2.29. The first kappa shape index (κ1) is 54.2. The lowest BCUT2D eigenvalue weighted by atomic mass is 10.1. The minimum atomic E-state index is -5.47. The highest BCUT2D eigenvalue weighted by Crippen LogP contribution is 2.68. The van der Waals surface area contributed by atoms with Gasteiger partial charge in [-0.05, 0) is 25.7 Å². The summed E-state index contributed by atoms with van der Waals surface area (Å²) in [5, 5.41) is 11.0. The van der Waals surface area contributed by atoms with Crippen molar-refractivity contribution >= 4 is 37.6 Å².